The van der Waals surface area contributed by atoms with Crippen molar-refractivity contribution >= 4 is 47.4 Å². The fraction of sp³-hybridized carbons (Fsp3) is 0.538. The van der Waals surface area contributed by atoms with Gasteiger partial charge in [0.15, 0.2) is 0 Å². The summed E-state index contributed by atoms with van der Waals surface area (Å²) >= 11 is 2.13. The van der Waals surface area contributed by atoms with Crippen molar-refractivity contribution in [2.75, 3.05) is 26.2 Å². The van der Waals surface area contributed by atoms with E-state index in [0.717, 1.165) is 22.2 Å². The average Bonchev–Trinajstić information content (AvgIpc) is 2.36. The van der Waals surface area contributed by atoms with E-state index in [4.69, 9.17) is 0 Å². The molecule has 1 aromatic rings. The van der Waals surface area contributed by atoms with E-state index in [0.29, 0.717) is 13.1 Å². The third kappa shape index (κ3) is 6.90. The van der Waals surface area contributed by atoms with Crippen LogP contribution in [0, 0.1) is 3.57 Å². The normalized spacial score (nSPS) is 17.5. The lowest BCUT2D eigenvalue weighted by Gasteiger charge is -2.35. The minimum absolute atomic E-state index is 0. The molecule has 0 bridgehead atoms. The molecule has 1 atom stereocenters. The molecule has 122 valence electrons. The second kappa shape index (κ2) is 9.39. The summed E-state index contributed by atoms with van der Waals surface area (Å²) in [6.45, 7) is 2.81. The second-order valence-electron chi connectivity index (χ2n) is 4.68. The first-order chi connectivity index (χ1) is 8.96. The maximum absolute atomic E-state index is 12.8. The number of hydrogen-bond donors (Lipinski definition) is 1. The largest absolute Gasteiger partial charge is 0.390 e. The minimum Gasteiger partial charge on any atom is -0.314 e. The zero-order valence-corrected chi connectivity index (χ0v) is 15.0. The fourth-order valence-electron chi connectivity index (χ4n) is 2.38. The van der Waals surface area contributed by atoms with Crippen LogP contribution in [0.2, 0.25) is 0 Å². The SMILES string of the molecule is Cl.Cl.FC(F)(F)C[C@H](c1cccc(I)c1)N1CCNCC1. The number of rotatable bonds is 3. The van der Waals surface area contributed by atoms with Gasteiger partial charge in [-0.15, -0.1) is 24.8 Å². The van der Waals surface area contributed by atoms with Crippen molar-refractivity contribution in [2.45, 2.75) is 18.6 Å². The molecule has 1 heterocycles. The fourth-order valence-corrected chi connectivity index (χ4v) is 2.95. The van der Waals surface area contributed by atoms with E-state index in [1.807, 2.05) is 23.1 Å². The molecule has 0 radical (unpaired) electrons. The van der Waals surface area contributed by atoms with Gasteiger partial charge in [0.2, 0.25) is 0 Å². The quantitative estimate of drug-likeness (QED) is 0.690. The van der Waals surface area contributed by atoms with Crippen molar-refractivity contribution in [3.05, 3.63) is 33.4 Å². The van der Waals surface area contributed by atoms with Gasteiger partial charge >= 0.3 is 6.18 Å². The van der Waals surface area contributed by atoms with Crippen LogP contribution in [0.4, 0.5) is 13.2 Å². The van der Waals surface area contributed by atoms with Gasteiger partial charge in [-0.05, 0) is 40.3 Å². The second-order valence-corrected chi connectivity index (χ2v) is 5.92. The van der Waals surface area contributed by atoms with Gasteiger partial charge in [-0.2, -0.15) is 13.2 Å². The molecule has 1 aliphatic heterocycles. The maximum Gasteiger partial charge on any atom is 0.390 e. The number of benzene rings is 1. The molecule has 1 aromatic carbocycles. The van der Waals surface area contributed by atoms with Crippen molar-refractivity contribution in [1.29, 1.82) is 0 Å². The molecule has 0 aliphatic carbocycles. The van der Waals surface area contributed by atoms with Crippen molar-refractivity contribution < 1.29 is 13.2 Å². The van der Waals surface area contributed by atoms with Crippen LogP contribution in [-0.4, -0.2) is 37.3 Å². The van der Waals surface area contributed by atoms with Gasteiger partial charge in [-0.25, -0.2) is 0 Å². The smallest absolute Gasteiger partial charge is 0.314 e. The summed E-state index contributed by atoms with van der Waals surface area (Å²) in [6, 6.07) is 6.78. The summed E-state index contributed by atoms with van der Waals surface area (Å²) in [5.74, 6) is 0. The molecule has 1 N–H and O–H groups in total. The molecular weight excluding hydrogens is 439 g/mol. The Labute approximate surface area is 148 Å². The number of nitrogens with zero attached hydrogens (tertiary/aromatic N) is 1. The highest BCUT2D eigenvalue weighted by molar-refractivity contribution is 14.1. The Bertz CT molecular complexity index is 426. The number of piperazine rings is 1. The van der Waals surface area contributed by atoms with Crippen molar-refractivity contribution in [3.63, 3.8) is 0 Å². The third-order valence-electron chi connectivity index (χ3n) is 3.25. The molecular formula is C13H18Cl2F3IN2. The maximum atomic E-state index is 12.8. The van der Waals surface area contributed by atoms with Crippen LogP contribution in [0.1, 0.15) is 18.0 Å². The number of halogens is 6. The zero-order valence-electron chi connectivity index (χ0n) is 11.2. The van der Waals surface area contributed by atoms with E-state index < -0.39 is 18.6 Å². The van der Waals surface area contributed by atoms with Crippen LogP contribution in [0.5, 0.6) is 0 Å². The zero-order chi connectivity index (χ0) is 13.9. The average molecular weight is 457 g/mol. The Morgan fingerprint density at radius 1 is 1.19 bits per heavy atom. The minimum atomic E-state index is -4.14. The summed E-state index contributed by atoms with van der Waals surface area (Å²) in [5, 5.41) is 3.17. The van der Waals surface area contributed by atoms with Gasteiger partial charge < -0.3 is 5.32 Å². The Morgan fingerprint density at radius 2 is 1.81 bits per heavy atom. The first-order valence-corrected chi connectivity index (χ1v) is 7.30. The number of hydrogen-bond acceptors (Lipinski definition) is 2. The lowest BCUT2D eigenvalue weighted by atomic mass is 10.0. The highest BCUT2D eigenvalue weighted by atomic mass is 127. The Balaban J connectivity index is 0.00000200. The van der Waals surface area contributed by atoms with Crippen LogP contribution in [0.15, 0.2) is 24.3 Å². The standard InChI is InChI=1S/C13H16F3IN2.2ClH/c14-13(15,16)9-12(19-6-4-18-5-7-19)10-2-1-3-11(17)8-10;;/h1-3,8,12,18H,4-7,9H2;2*1H/t12-;;/m1../s1. The van der Waals surface area contributed by atoms with Gasteiger partial charge in [-0.1, -0.05) is 12.1 Å². The molecule has 0 unspecified atom stereocenters. The highest BCUT2D eigenvalue weighted by Gasteiger charge is 2.35. The molecule has 21 heavy (non-hydrogen) atoms. The van der Waals surface area contributed by atoms with E-state index in [9.17, 15) is 13.2 Å². The van der Waals surface area contributed by atoms with Gasteiger partial charge in [0.05, 0.1) is 6.42 Å². The Hall–Kier alpha value is 0.240. The van der Waals surface area contributed by atoms with Gasteiger partial charge in [-0.3, -0.25) is 4.90 Å². The molecule has 1 saturated heterocycles. The number of nitrogens with one attached hydrogen (secondary N) is 1. The van der Waals surface area contributed by atoms with Crippen molar-refractivity contribution in [1.82, 2.24) is 10.2 Å². The predicted molar refractivity (Wildman–Crippen MR) is 91.5 cm³/mol. The van der Waals surface area contributed by atoms with Gasteiger partial charge in [0, 0.05) is 35.8 Å². The highest BCUT2D eigenvalue weighted by Crippen LogP contribution is 2.34. The van der Waals surface area contributed by atoms with Gasteiger partial charge in [0.25, 0.3) is 0 Å². The van der Waals surface area contributed by atoms with Crippen LogP contribution in [0.25, 0.3) is 0 Å². The summed E-state index contributed by atoms with van der Waals surface area (Å²) in [4.78, 5) is 1.93. The molecule has 2 rings (SSSR count). The monoisotopic (exact) mass is 456 g/mol. The van der Waals surface area contributed by atoms with Crippen molar-refractivity contribution in [3.8, 4) is 0 Å². The molecule has 0 saturated carbocycles. The van der Waals surface area contributed by atoms with E-state index in [1.165, 1.54) is 0 Å². The predicted octanol–water partition coefficient (Wildman–Crippen LogP) is 4.03. The third-order valence-corrected chi connectivity index (χ3v) is 3.92. The molecule has 1 fully saturated rings. The Kier molecular flexibility index (Phi) is 9.50. The van der Waals surface area contributed by atoms with Gasteiger partial charge in [0.1, 0.15) is 0 Å². The lowest BCUT2D eigenvalue weighted by molar-refractivity contribution is -0.148. The molecule has 0 aromatic heterocycles. The summed E-state index contributed by atoms with van der Waals surface area (Å²) in [5.41, 5.74) is 0.756. The molecule has 0 spiro atoms. The molecule has 2 nitrogen and oxygen atoms in total. The number of alkyl halides is 3. The van der Waals surface area contributed by atoms with Crippen molar-refractivity contribution in [2.24, 2.45) is 0 Å². The summed E-state index contributed by atoms with van der Waals surface area (Å²) in [7, 11) is 0. The molecule has 8 heteroatoms. The van der Waals surface area contributed by atoms with E-state index in [2.05, 4.69) is 27.9 Å². The first kappa shape index (κ1) is 21.2. The van der Waals surface area contributed by atoms with Crippen LogP contribution in [-0.2, 0) is 0 Å². The van der Waals surface area contributed by atoms with Crippen LogP contribution < -0.4 is 5.32 Å². The van der Waals surface area contributed by atoms with E-state index in [-0.39, 0.29) is 24.8 Å². The van der Waals surface area contributed by atoms with Crippen LogP contribution >= 0.6 is 47.4 Å². The van der Waals surface area contributed by atoms with E-state index >= 15 is 0 Å². The molecule has 1 aliphatic rings. The van der Waals surface area contributed by atoms with E-state index in [1.54, 1.807) is 6.07 Å². The Morgan fingerprint density at radius 3 is 2.33 bits per heavy atom. The summed E-state index contributed by atoms with van der Waals surface area (Å²) < 4.78 is 39.4. The summed E-state index contributed by atoms with van der Waals surface area (Å²) in [6.07, 6.45) is -4.93. The lowest BCUT2D eigenvalue weighted by Crippen LogP contribution is -2.46. The molecule has 0 amide bonds. The first-order valence-electron chi connectivity index (χ1n) is 6.23. The van der Waals surface area contributed by atoms with Crippen LogP contribution in [0.3, 0.4) is 0 Å². The topological polar surface area (TPSA) is 15.3 Å².